The number of benzene rings is 2. The lowest BCUT2D eigenvalue weighted by molar-refractivity contribution is -0.139. The quantitative estimate of drug-likeness (QED) is 0.811. The number of hydrogen-bond acceptors (Lipinski definition) is 3. The van der Waals surface area contributed by atoms with Gasteiger partial charge >= 0.3 is 0 Å². The van der Waals surface area contributed by atoms with E-state index in [2.05, 4.69) is 41.3 Å². The van der Waals surface area contributed by atoms with Crippen LogP contribution in [0.15, 0.2) is 48.5 Å². The minimum absolute atomic E-state index is 0.0657. The van der Waals surface area contributed by atoms with E-state index >= 15 is 0 Å². The number of rotatable bonds is 4. The highest BCUT2D eigenvalue weighted by atomic mass is 16.3. The Morgan fingerprint density at radius 1 is 1.07 bits per heavy atom. The van der Waals surface area contributed by atoms with Crippen molar-refractivity contribution in [3.63, 3.8) is 0 Å². The molecular formula is C27H31NO2. The Bertz CT molecular complexity index is 982. The molecule has 3 heteroatoms. The van der Waals surface area contributed by atoms with Crippen LogP contribution in [0.1, 0.15) is 55.2 Å². The van der Waals surface area contributed by atoms with Crippen LogP contribution in [0.4, 0.5) is 0 Å². The zero-order chi connectivity index (χ0) is 20.3. The molecule has 4 aliphatic rings. The molecule has 0 aromatic heterocycles. The van der Waals surface area contributed by atoms with Crippen LogP contribution in [-0.2, 0) is 23.1 Å². The summed E-state index contributed by atoms with van der Waals surface area (Å²) in [5.74, 6) is 1.62. The number of phenols is 1. The van der Waals surface area contributed by atoms with E-state index in [1.165, 1.54) is 36.1 Å². The van der Waals surface area contributed by atoms with Crippen LogP contribution in [-0.4, -0.2) is 34.9 Å². The van der Waals surface area contributed by atoms with Crippen molar-refractivity contribution in [3.8, 4) is 5.75 Å². The van der Waals surface area contributed by atoms with Gasteiger partial charge in [-0.3, -0.25) is 9.69 Å². The third-order valence-corrected chi connectivity index (χ3v) is 8.78. The molecule has 0 spiro atoms. The second-order valence-electron chi connectivity index (χ2n) is 10.4. The smallest absolute Gasteiger partial charge is 0.133 e. The summed E-state index contributed by atoms with van der Waals surface area (Å²) in [5, 5.41) is 10.4. The second kappa shape index (κ2) is 6.68. The van der Waals surface area contributed by atoms with Crippen LogP contribution in [0.3, 0.4) is 0 Å². The summed E-state index contributed by atoms with van der Waals surface area (Å²) in [5.41, 5.74) is 3.94. The van der Waals surface area contributed by atoms with Gasteiger partial charge in [-0.05, 0) is 79.8 Å². The van der Waals surface area contributed by atoms with Gasteiger partial charge in [-0.15, -0.1) is 0 Å². The van der Waals surface area contributed by atoms with Crippen molar-refractivity contribution in [1.82, 2.24) is 4.90 Å². The Morgan fingerprint density at radius 2 is 1.90 bits per heavy atom. The Labute approximate surface area is 179 Å². The zero-order valence-electron chi connectivity index (χ0n) is 17.6. The monoisotopic (exact) mass is 401 g/mol. The molecule has 2 aromatic carbocycles. The number of aromatic hydroxyl groups is 1. The molecule has 1 heterocycles. The number of nitrogens with zero attached hydrogens (tertiary/aromatic N) is 1. The molecule has 0 amide bonds. The minimum atomic E-state index is -0.144. The highest BCUT2D eigenvalue weighted by Gasteiger charge is 2.64. The molecule has 1 N–H and O–H groups in total. The van der Waals surface area contributed by atoms with Crippen LogP contribution in [0, 0.1) is 11.3 Å². The summed E-state index contributed by atoms with van der Waals surface area (Å²) in [6.45, 7) is 2.30. The maximum atomic E-state index is 12.9. The number of carbonyl (C=O) groups is 1. The molecule has 2 bridgehead atoms. The van der Waals surface area contributed by atoms with Gasteiger partial charge in [0.2, 0.25) is 0 Å². The normalized spacial score (nSPS) is 33.1. The molecule has 2 aromatic rings. The van der Waals surface area contributed by atoms with Crippen LogP contribution in [0.2, 0.25) is 0 Å². The molecule has 3 aliphatic carbocycles. The molecule has 3 fully saturated rings. The number of likely N-dealkylation sites (tertiary alicyclic amines) is 1. The highest BCUT2D eigenvalue weighted by Crippen LogP contribution is 2.64. The van der Waals surface area contributed by atoms with Crippen LogP contribution in [0.5, 0.6) is 5.75 Å². The average Bonchev–Trinajstić information content (AvgIpc) is 3.56. The van der Waals surface area contributed by atoms with Gasteiger partial charge in [0, 0.05) is 36.3 Å². The van der Waals surface area contributed by atoms with Crippen molar-refractivity contribution >= 4 is 5.78 Å². The van der Waals surface area contributed by atoms with Crippen LogP contribution < -0.4 is 0 Å². The van der Waals surface area contributed by atoms with Crippen molar-refractivity contribution < 1.29 is 9.90 Å². The Hall–Kier alpha value is -2.13. The fraction of sp³-hybridized carbons (Fsp3) is 0.519. The first-order chi connectivity index (χ1) is 14.6. The first-order valence-electron chi connectivity index (χ1n) is 11.7. The number of carbonyl (C=O) groups excluding carboxylic acids is 1. The first kappa shape index (κ1) is 18.6. The van der Waals surface area contributed by atoms with E-state index < -0.39 is 0 Å². The summed E-state index contributed by atoms with van der Waals surface area (Å²) < 4.78 is 0. The number of phenolic OH excluding ortho intramolecular Hbond substituents is 1. The molecule has 3 nitrogen and oxygen atoms in total. The maximum Gasteiger partial charge on any atom is 0.133 e. The van der Waals surface area contributed by atoms with Gasteiger partial charge in [0.05, 0.1) is 0 Å². The lowest BCUT2D eigenvalue weighted by Crippen LogP contribution is -2.69. The van der Waals surface area contributed by atoms with Gasteiger partial charge in [-0.1, -0.05) is 36.4 Å². The minimum Gasteiger partial charge on any atom is -0.508 e. The highest BCUT2D eigenvalue weighted by molar-refractivity contribution is 5.82. The molecule has 156 valence electrons. The van der Waals surface area contributed by atoms with Gasteiger partial charge < -0.3 is 5.11 Å². The van der Waals surface area contributed by atoms with Gasteiger partial charge in [0.15, 0.2) is 0 Å². The van der Waals surface area contributed by atoms with Crippen molar-refractivity contribution in [3.05, 3.63) is 65.2 Å². The molecule has 1 aliphatic heterocycles. The van der Waals surface area contributed by atoms with Gasteiger partial charge in [0.25, 0.3) is 0 Å². The van der Waals surface area contributed by atoms with Gasteiger partial charge in [0.1, 0.15) is 11.5 Å². The first-order valence-corrected chi connectivity index (χ1v) is 11.7. The predicted molar refractivity (Wildman–Crippen MR) is 118 cm³/mol. The van der Waals surface area contributed by atoms with Crippen LogP contribution in [0.25, 0.3) is 0 Å². The summed E-state index contributed by atoms with van der Waals surface area (Å²) in [6.07, 6.45) is 8.19. The largest absolute Gasteiger partial charge is 0.508 e. The third kappa shape index (κ3) is 2.71. The second-order valence-corrected chi connectivity index (χ2v) is 10.4. The lowest BCUT2D eigenvalue weighted by Gasteiger charge is -2.66. The number of fused-ring (bicyclic) bond motifs is 1. The number of hydrogen-bond donors (Lipinski definition) is 1. The Kier molecular flexibility index (Phi) is 4.15. The van der Waals surface area contributed by atoms with E-state index in [0.29, 0.717) is 30.4 Å². The standard InChI is InChI=1S/C27H31NO2/c29-22-9-8-21-14-25-27(16-19-4-2-1-3-5-19)11-10-23(30)17-26(27,24(21)15-22)12-13-28(25)18-20-6-7-20/h1-5,8-9,15,20,25,29H,6-7,10-14,16-18H2/t25-,26-,27+/m0/s1. The fourth-order valence-electron chi connectivity index (χ4n) is 7.27. The summed E-state index contributed by atoms with van der Waals surface area (Å²) in [4.78, 5) is 15.7. The van der Waals surface area contributed by atoms with E-state index in [4.69, 9.17) is 0 Å². The molecule has 3 atom stereocenters. The van der Waals surface area contributed by atoms with E-state index in [9.17, 15) is 9.90 Å². The van der Waals surface area contributed by atoms with E-state index in [-0.39, 0.29) is 10.8 Å². The molecule has 0 radical (unpaired) electrons. The van der Waals surface area contributed by atoms with E-state index in [1.54, 1.807) is 0 Å². The van der Waals surface area contributed by atoms with Gasteiger partial charge in [-0.2, -0.15) is 0 Å². The van der Waals surface area contributed by atoms with Crippen molar-refractivity contribution in [2.24, 2.45) is 11.3 Å². The Balaban J connectivity index is 1.54. The number of piperidine rings is 1. The van der Waals surface area contributed by atoms with Crippen molar-refractivity contribution in [1.29, 1.82) is 0 Å². The SMILES string of the molecule is O=C1CC[C@@]2(Cc3ccccc3)[C@@H]3Cc4ccc(O)cc4[C@]2(CCN3CC2CC2)C1. The molecule has 0 unspecified atom stereocenters. The van der Waals surface area contributed by atoms with E-state index in [0.717, 1.165) is 38.1 Å². The fourth-order valence-corrected chi connectivity index (χ4v) is 7.27. The van der Waals surface area contributed by atoms with E-state index in [1.807, 2.05) is 12.1 Å². The topological polar surface area (TPSA) is 40.5 Å². The number of Topliss-reactive ketones (excluding diaryl/α,β-unsaturated/α-hetero) is 1. The molecule has 1 saturated heterocycles. The van der Waals surface area contributed by atoms with Crippen molar-refractivity contribution in [2.45, 2.75) is 62.8 Å². The Morgan fingerprint density at radius 3 is 2.70 bits per heavy atom. The zero-order valence-corrected chi connectivity index (χ0v) is 17.6. The van der Waals surface area contributed by atoms with Crippen LogP contribution >= 0.6 is 0 Å². The predicted octanol–water partition coefficient (Wildman–Crippen LogP) is 4.65. The molecule has 30 heavy (non-hydrogen) atoms. The molecule has 2 saturated carbocycles. The number of ketones is 1. The molecule has 6 rings (SSSR count). The maximum absolute atomic E-state index is 12.9. The summed E-state index contributed by atoms with van der Waals surface area (Å²) in [7, 11) is 0. The van der Waals surface area contributed by atoms with Gasteiger partial charge in [-0.25, -0.2) is 0 Å². The third-order valence-electron chi connectivity index (χ3n) is 8.78. The molecular weight excluding hydrogens is 370 g/mol. The average molecular weight is 402 g/mol. The summed E-state index contributed by atoms with van der Waals surface area (Å²) in [6, 6.07) is 17.4. The lowest BCUT2D eigenvalue weighted by atomic mass is 9.42. The van der Waals surface area contributed by atoms with Crippen molar-refractivity contribution in [2.75, 3.05) is 13.1 Å². The summed E-state index contributed by atoms with van der Waals surface area (Å²) >= 11 is 0.